The van der Waals surface area contributed by atoms with Crippen LogP contribution in [0.25, 0.3) is 0 Å². The summed E-state index contributed by atoms with van der Waals surface area (Å²) in [5.41, 5.74) is 3.67. The van der Waals surface area contributed by atoms with Crippen molar-refractivity contribution in [2.24, 2.45) is 11.8 Å². The Morgan fingerprint density at radius 3 is 2.13 bits per heavy atom. The van der Waals surface area contributed by atoms with E-state index in [1.165, 1.54) is 0 Å². The van der Waals surface area contributed by atoms with Gasteiger partial charge in [0.25, 0.3) is 0 Å². The quantitative estimate of drug-likeness (QED) is 0.299. The van der Waals surface area contributed by atoms with Crippen LogP contribution in [0.1, 0.15) is 67.1 Å². The maximum Gasteiger partial charge on any atom is 0.316 e. The maximum absolute atomic E-state index is 13.0. The van der Waals surface area contributed by atoms with Crippen LogP contribution in [0.4, 0.5) is 0 Å². The molecule has 0 N–H and O–H groups in total. The molecule has 0 spiro atoms. The van der Waals surface area contributed by atoms with E-state index < -0.39 is 5.92 Å². The molecule has 1 aromatic carbocycles. The predicted octanol–water partition coefficient (Wildman–Crippen LogP) is 4.80. The van der Waals surface area contributed by atoms with Gasteiger partial charge in [-0.05, 0) is 50.7 Å². The Labute approximate surface area is 140 Å². The van der Waals surface area contributed by atoms with Crippen LogP contribution in [0.15, 0.2) is 12.1 Å². The van der Waals surface area contributed by atoms with Gasteiger partial charge in [0.2, 0.25) is 0 Å². The zero-order chi connectivity index (χ0) is 17.6. The highest BCUT2D eigenvalue weighted by Crippen LogP contribution is 2.24. The Kier molecular flexibility index (Phi) is 7.47. The Morgan fingerprint density at radius 2 is 1.65 bits per heavy atom. The summed E-state index contributed by atoms with van der Waals surface area (Å²) in [6.07, 6.45) is 2.32. The lowest BCUT2D eigenvalue weighted by Gasteiger charge is -2.19. The lowest BCUT2D eigenvalue weighted by molar-refractivity contribution is -0.147. The van der Waals surface area contributed by atoms with Crippen molar-refractivity contribution in [1.82, 2.24) is 0 Å². The second-order valence-corrected chi connectivity index (χ2v) is 6.84. The second kappa shape index (κ2) is 8.85. The van der Waals surface area contributed by atoms with E-state index in [0.29, 0.717) is 18.6 Å². The molecule has 0 fully saturated rings. The number of hydrogen-bond donors (Lipinski definition) is 0. The first-order valence-corrected chi connectivity index (χ1v) is 8.56. The molecule has 1 unspecified atom stereocenters. The van der Waals surface area contributed by atoms with Crippen molar-refractivity contribution in [2.45, 2.75) is 60.8 Å². The van der Waals surface area contributed by atoms with E-state index in [4.69, 9.17) is 4.74 Å². The van der Waals surface area contributed by atoms with Gasteiger partial charge in [-0.25, -0.2) is 0 Å². The van der Waals surface area contributed by atoms with Gasteiger partial charge in [0.1, 0.15) is 5.92 Å². The van der Waals surface area contributed by atoms with E-state index in [9.17, 15) is 9.59 Å². The number of hydrogen-bond acceptors (Lipinski definition) is 3. The van der Waals surface area contributed by atoms with Crippen LogP contribution >= 0.6 is 0 Å². The molecule has 0 radical (unpaired) electrons. The zero-order valence-corrected chi connectivity index (χ0v) is 15.4. The molecule has 0 aromatic heterocycles. The van der Waals surface area contributed by atoms with E-state index in [1.54, 1.807) is 0 Å². The SMILES string of the molecule is CCCCOC(=O)C(CC(C)C)C(=O)c1c(C)cc(C)cc1C. The number of ether oxygens (including phenoxy) is 1. The van der Waals surface area contributed by atoms with Crippen molar-refractivity contribution in [2.75, 3.05) is 6.61 Å². The summed E-state index contributed by atoms with van der Waals surface area (Å²) in [5.74, 6) is -0.924. The van der Waals surface area contributed by atoms with Crippen LogP contribution in [0, 0.1) is 32.6 Å². The van der Waals surface area contributed by atoms with Gasteiger partial charge in [-0.2, -0.15) is 0 Å². The lowest BCUT2D eigenvalue weighted by atomic mass is 9.85. The van der Waals surface area contributed by atoms with Gasteiger partial charge < -0.3 is 4.74 Å². The van der Waals surface area contributed by atoms with Crippen LogP contribution in [-0.2, 0) is 9.53 Å². The van der Waals surface area contributed by atoms with Crippen molar-refractivity contribution in [3.8, 4) is 0 Å². The van der Waals surface area contributed by atoms with Gasteiger partial charge in [-0.15, -0.1) is 0 Å². The topological polar surface area (TPSA) is 43.4 Å². The zero-order valence-electron chi connectivity index (χ0n) is 15.4. The van der Waals surface area contributed by atoms with Crippen molar-refractivity contribution in [3.05, 3.63) is 34.4 Å². The highest BCUT2D eigenvalue weighted by molar-refractivity contribution is 6.10. The molecule has 0 saturated heterocycles. The van der Waals surface area contributed by atoms with Crippen LogP contribution in [0.5, 0.6) is 0 Å². The van der Waals surface area contributed by atoms with E-state index in [-0.39, 0.29) is 17.7 Å². The highest BCUT2D eigenvalue weighted by Gasteiger charge is 2.31. The summed E-state index contributed by atoms with van der Waals surface area (Å²) in [7, 11) is 0. The summed E-state index contributed by atoms with van der Waals surface area (Å²) < 4.78 is 5.33. The molecule has 1 rings (SSSR count). The number of benzene rings is 1. The number of esters is 1. The fourth-order valence-corrected chi connectivity index (χ4v) is 2.94. The van der Waals surface area contributed by atoms with Gasteiger partial charge in [-0.3, -0.25) is 9.59 Å². The van der Waals surface area contributed by atoms with Crippen LogP contribution in [0.2, 0.25) is 0 Å². The highest BCUT2D eigenvalue weighted by atomic mass is 16.5. The molecule has 0 heterocycles. The van der Waals surface area contributed by atoms with Crippen molar-refractivity contribution in [3.63, 3.8) is 0 Å². The summed E-state index contributed by atoms with van der Waals surface area (Å²) in [6, 6.07) is 3.99. The fraction of sp³-hybridized carbons (Fsp3) is 0.600. The third kappa shape index (κ3) is 5.49. The van der Waals surface area contributed by atoms with Crippen LogP contribution < -0.4 is 0 Å². The summed E-state index contributed by atoms with van der Waals surface area (Å²) >= 11 is 0. The average Bonchev–Trinajstić information content (AvgIpc) is 2.43. The van der Waals surface area contributed by atoms with Crippen molar-refractivity contribution >= 4 is 11.8 Å². The molecule has 0 saturated carbocycles. The Hall–Kier alpha value is -1.64. The molecule has 0 aliphatic carbocycles. The molecule has 1 atom stereocenters. The third-order valence-electron chi connectivity index (χ3n) is 3.97. The van der Waals surface area contributed by atoms with Crippen molar-refractivity contribution < 1.29 is 14.3 Å². The monoisotopic (exact) mass is 318 g/mol. The van der Waals surface area contributed by atoms with Gasteiger partial charge >= 0.3 is 5.97 Å². The summed E-state index contributed by atoms with van der Waals surface area (Å²) in [5, 5.41) is 0. The van der Waals surface area contributed by atoms with Gasteiger partial charge in [0, 0.05) is 5.56 Å². The van der Waals surface area contributed by atoms with E-state index in [1.807, 2.05) is 53.7 Å². The van der Waals surface area contributed by atoms with Crippen LogP contribution in [0.3, 0.4) is 0 Å². The molecular weight excluding hydrogens is 288 g/mol. The fourth-order valence-electron chi connectivity index (χ4n) is 2.94. The summed E-state index contributed by atoms with van der Waals surface area (Å²) in [4.78, 5) is 25.4. The van der Waals surface area contributed by atoms with E-state index in [2.05, 4.69) is 0 Å². The molecule has 0 amide bonds. The largest absolute Gasteiger partial charge is 0.465 e. The number of unbranched alkanes of at least 4 members (excludes halogenated alkanes) is 1. The minimum atomic E-state index is -0.702. The Morgan fingerprint density at radius 1 is 1.09 bits per heavy atom. The number of carbonyl (C=O) groups excluding carboxylic acids is 2. The van der Waals surface area contributed by atoms with Gasteiger partial charge in [-0.1, -0.05) is 44.9 Å². The molecule has 0 aliphatic heterocycles. The number of ketones is 1. The lowest BCUT2D eigenvalue weighted by Crippen LogP contribution is -2.29. The second-order valence-electron chi connectivity index (χ2n) is 6.84. The Balaban J connectivity index is 3.07. The normalized spacial score (nSPS) is 12.3. The first-order chi connectivity index (χ1) is 10.8. The molecule has 0 bridgehead atoms. The average molecular weight is 318 g/mol. The van der Waals surface area contributed by atoms with Gasteiger partial charge in [0.15, 0.2) is 5.78 Å². The molecule has 128 valence electrons. The Bertz CT molecular complexity index is 535. The predicted molar refractivity (Wildman–Crippen MR) is 93.8 cm³/mol. The summed E-state index contributed by atoms with van der Waals surface area (Å²) in [6.45, 7) is 12.4. The molecule has 23 heavy (non-hydrogen) atoms. The number of aryl methyl sites for hydroxylation is 3. The van der Waals surface area contributed by atoms with E-state index in [0.717, 1.165) is 29.5 Å². The molecular formula is C20H30O3. The van der Waals surface area contributed by atoms with Gasteiger partial charge in [0.05, 0.1) is 6.61 Å². The third-order valence-corrected chi connectivity index (χ3v) is 3.97. The molecule has 0 aliphatic rings. The molecule has 1 aromatic rings. The molecule has 3 nitrogen and oxygen atoms in total. The maximum atomic E-state index is 13.0. The van der Waals surface area contributed by atoms with Crippen LogP contribution in [-0.4, -0.2) is 18.4 Å². The first-order valence-electron chi connectivity index (χ1n) is 8.56. The molecule has 3 heteroatoms. The first kappa shape index (κ1) is 19.4. The smallest absolute Gasteiger partial charge is 0.316 e. The number of rotatable bonds is 8. The minimum Gasteiger partial charge on any atom is -0.465 e. The number of Topliss-reactive ketones (excluding diaryl/α,β-unsaturated/α-hetero) is 1. The minimum absolute atomic E-state index is 0.102. The van der Waals surface area contributed by atoms with Crippen molar-refractivity contribution in [1.29, 1.82) is 0 Å². The van der Waals surface area contributed by atoms with E-state index >= 15 is 0 Å². The standard InChI is InChI=1S/C20H30O3/c1-7-8-9-23-20(22)17(10-13(2)3)19(21)18-15(5)11-14(4)12-16(18)6/h11-13,17H,7-10H2,1-6H3. The number of carbonyl (C=O) groups is 2.